The molecule has 216 valence electrons. The summed E-state index contributed by atoms with van der Waals surface area (Å²) >= 11 is 0. The number of pyridine rings is 1. The maximum atomic E-state index is 15.5. The number of carbonyl (C=O) groups is 1. The van der Waals surface area contributed by atoms with E-state index in [1.165, 1.54) is 30.3 Å². The number of halogens is 3. The summed E-state index contributed by atoms with van der Waals surface area (Å²) in [6.07, 6.45) is 1.57. The van der Waals surface area contributed by atoms with E-state index < -0.39 is 29.7 Å². The van der Waals surface area contributed by atoms with Gasteiger partial charge in [0.2, 0.25) is 5.88 Å². The summed E-state index contributed by atoms with van der Waals surface area (Å²) in [6, 6.07) is 20.4. The number of benzene rings is 3. The first kappa shape index (κ1) is 28.0. The summed E-state index contributed by atoms with van der Waals surface area (Å²) in [5.74, 6) is -1.37. The largest absolute Gasteiger partial charge is 0.478 e. The second-order valence-corrected chi connectivity index (χ2v) is 10.8. The Kier molecular flexibility index (Phi) is 7.32. The van der Waals surface area contributed by atoms with Crippen LogP contribution in [0.2, 0.25) is 0 Å². The van der Waals surface area contributed by atoms with Crippen LogP contribution in [0.4, 0.5) is 13.2 Å². The second kappa shape index (κ2) is 11.2. The summed E-state index contributed by atoms with van der Waals surface area (Å²) in [4.78, 5) is 20.7. The third-order valence-corrected chi connectivity index (χ3v) is 7.79. The highest BCUT2D eigenvalue weighted by molar-refractivity contribution is 5.92. The smallest absolute Gasteiger partial charge is 0.335 e. The first-order valence-electron chi connectivity index (χ1n) is 13.6. The predicted molar refractivity (Wildman–Crippen MR) is 152 cm³/mol. The molecule has 1 saturated carbocycles. The maximum Gasteiger partial charge on any atom is 0.335 e. The van der Waals surface area contributed by atoms with Crippen molar-refractivity contribution < 1.29 is 27.8 Å². The lowest BCUT2D eigenvalue weighted by molar-refractivity contribution is 0.0697. The molecule has 6 rings (SSSR count). The number of hydrogen-bond donors (Lipinski definition) is 1. The van der Waals surface area contributed by atoms with Crippen molar-refractivity contribution >= 4 is 17.0 Å². The number of carboxylic acids is 1. The van der Waals surface area contributed by atoms with E-state index in [9.17, 15) is 18.7 Å². The summed E-state index contributed by atoms with van der Waals surface area (Å²) in [5, 5.41) is 18.4. The van der Waals surface area contributed by atoms with E-state index in [0.717, 1.165) is 18.9 Å². The normalized spacial score (nSPS) is 13.5. The number of nitriles is 1. The topological polar surface area (TPSA) is 101 Å². The molecular weight excluding hydrogens is 557 g/mol. The monoisotopic (exact) mass is 582 g/mol. The molecule has 1 aliphatic carbocycles. The molecule has 0 spiro atoms. The van der Waals surface area contributed by atoms with Crippen LogP contribution >= 0.6 is 0 Å². The fraction of sp³-hybridized carbons (Fsp3) is 0.212. The Morgan fingerprint density at radius 1 is 1.00 bits per heavy atom. The summed E-state index contributed by atoms with van der Waals surface area (Å²) in [6.45, 7) is -0.257. The van der Waals surface area contributed by atoms with Crippen molar-refractivity contribution in [3.05, 3.63) is 113 Å². The van der Waals surface area contributed by atoms with E-state index >= 15 is 4.39 Å². The van der Waals surface area contributed by atoms with Gasteiger partial charge in [0.25, 0.3) is 0 Å². The van der Waals surface area contributed by atoms with Gasteiger partial charge < -0.3 is 14.4 Å². The Hall–Kier alpha value is -5.17. The van der Waals surface area contributed by atoms with E-state index in [-0.39, 0.29) is 35.6 Å². The van der Waals surface area contributed by atoms with Crippen molar-refractivity contribution in [3.63, 3.8) is 0 Å². The van der Waals surface area contributed by atoms with Crippen molar-refractivity contribution in [1.82, 2.24) is 14.5 Å². The molecule has 0 atom stereocenters. The van der Waals surface area contributed by atoms with Gasteiger partial charge in [0.05, 0.1) is 40.6 Å². The molecule has 0 aliphatic heterocycles. The fourth-order valence-electron chi connectivity index (χ4n) is 5.03. The van der Waals surface area contributed by atoms with Gasteiger partial charge in [-0.05, 0) is 60.9 Å². The van der Waals surface area contributed by atoms with Crippen LogP contribution in [0.1, 0.15) is 45.7 Å². The highest BCUT2D eigenvalue weighted by atomic mass is 19.1. The van der Waals surface area contributed by atoms with Crippen molar-refractivity contribution in [2.24, 2.45) is 5.41 Å². The Labute approximate surface area is 244 Å². The van der Waals surface area contributed by atoms with E-state index in [2.05, 4.69) is 9.97 Å². The fourth-order valence-corrected chi connectivity index (χ4v) is 5.03. The maximum absolute atomic E-state index is 15.5. The number of alkyl halides is 1. The highest BCUT2D eigenvalue weighted by Gasteiger charge is 2.43. The van der Waals surface area contributed by atoms with E-state index in [1.54, 1.807) is 36.4 Å². The number of carboxylic acid groups (broad SMARTS) is 1. The Morgan fingerprint density at radius 2 is 1.79 bits per heavy atom. The van der Waals surface area contributed by atoms with Crippen LogP contribution in [0.25, 0.3) is 22.3 Å². The van der Waals surface area contributed by atoms with Gasteiger partial charge in [-0.1, -0.05) is 24.3 Å². The van der Waals surface area contributed by atoms with Gasteiger partial charge in [0, 0.05) is 35.6 Å². The first-order chi connectivity index (χ1) is 20.8. The molecule has 1 aliphatic rings. The van der Waals surface area contributed by atoms with Gasteiger partial charge >= 0.3 is 5.97 Å². The number of ether oxygens (including phenoxy) is 1. The molecular formula is C33H25F3N4O3. The van der Waals surface area contributed by atoms with Gasteiger partial charge in [-0.15, -0.1) is 0 Å². The molecule has 3 aromatic carbocycles. The molecule has 7 nitrogen and oxygen atoms in total. The van der Waals surface area contributed by atoms with Crippen LogP contribution in [-0.4, -0.2) is 32.3 Å². The molecule has 43 heavy (non-hydrogen) atoms. The Bertz CT molecular complexity index is 1910. The number of nitrogens with zero attached hydrogens (tertiary/aromatic N) is 4. The minimum absolute atomic E-state index is 0.0973. The van der Waals surface area contributed by atoms with Crippen molar-refractivity contribution in [3.8, 4) is 23.2 Å². The lowest BCUT2D eigenvalue weighted by Gasteiger charge is -2.16. The molecule has 0 radical (unpaired) electrons. The number of aromatic carboxylic acids is 1. The third kappa shape index (κ3) is 5.79. The third-order valence-electron chi connectivity index (χ3n) is 7.79. The van der Waals surface area contributed by atoms with E-state index in [4.69, 9.17) is 10.00 Å². The van der Waals surface area contributed by atoms with Crippen molar-refractivity contribution in [2.45, 2.75) is 32.4 Å². The summed E-state index contributed by atoms with van der Waals surface area (Å²) < 4.78 is 51.0. The molecule has 0 unspecified atom stereocenters. The number of fused-ring (bicyclic) bond motifs is 1. The molecule has 10 heteroatoms. The highest BCUT2D eigenvalue weighted by Crippen LogP contribution is 2.48. The zero-order valence-corrected chi connectivity index (χ0v) is 22.9. The van der Waals surface area contributed by atoms with Crippen molar-refractivity contribution in [2.75, 3.05) is 6.67 Å². The molecule has 2 aromatic heterocycles. The number of rotatable bonds is 10. The molecule has 1 N–H and O–H groups in total. The van der Waals surface area contributed by atoms with Crippen LogP contribution in [0.5, 0.6) is 5.88 Å². The number of hydrogen-bond acceptors (Lipinski definition) is 5. The molecule has 5 aromatic rings. The quantitative estimate of drug-likeness (QED) is 0.193. The SMILES string of the molecule is N#Cc1ccc(COc2cccc(-c3ccc(Cc4nc5ccc(C(=O)O)cc5n4CC4(CF)CC4)c(F)c3)n2)c(F)c1. The van der Waals surface area contributed by atoms with Gasteiger partial charge in [-0.25, -0.2) is 23.5 Å². The van der Waals surface area contributed by atoms with Crippen LogP contribution in [0, 0.1) is 28.4 Å². The summed E-state index contributed by atoms with van der Waals surface area (Å²) in [5.41, 5.74) is 2.54. The average molecular weight is 583 g/mol. The lowest BCUT2D eigenvalue weighted by atomic mass is 10.0. The van der Waals surface area contributed by atoms with Crippen LogP contribution < -0.4 is 4.74 Å². The Balaban J connectivity index is 1.24. The average Bonchev–Trinajstić information content (AvgIpc) is 3.72. The first-order valence-corrected chi connectivity index (χ1v) is 13.6. The van der Waals surface area contributed by atoms with Gasteiger partial charge in [0.1, 0.15) is 24.1 Å². The van der Waals surface area contributed by atoms with E-state index in [1.807, 2.05) is 10.6 Å². The minimum Gasteiger partial charge on any atom is -0.478 e. The van der Waals surface area contributed by atoms with Gasteiger partial charge in [0.15, 0.2) is 0 Å². The molecule has 0 amide bonds. The van der Waals surface area contributed by atoms with E-state index in [0.29, 0.717) is 40.2 Å². The zero-order valence-electron chi connectivity index (χ0n) is 22.9. The summed E-state index contributed by atoms with van der Waals surface area (Å²) in [7, 11) is 0. The molecule has 1 fully saturated rings. The lowest BCUT2D eigenvalue weighted by Crippen LogP contribution is -2.16. The van der Waals surface area contributed by atoms with Gasteiger partial charge in [-0.2, -0.15) is 5.26 Å². The zero-order chi connectivity index (χ0) is 30.1. The van der Waals surface area contributed by atoms with Crippen LogP contribution in [0.15, 0.2) is 72.8 Å². The molecule has 0 bridgehead atoms. The minimum atomic E-state index is -1.08. The van der Waals surface area contributed by atoms with Gasteiger partial charge in [-0.3, -0.25) is 4.39 Å². The van der Waals surface area contributed by atoms with Crippen LogP contribution in [0.3, 0.4) is 0 Å². The molecule has 2 heterocycles. The number of aromatic nitrogens is 3. The molecule has 0 saturated heterocycles. The predicted octanol–water partition coefficient (Wildman–Crippen LogP) is 6.87. The Morgan fingerprint density at radius 3 is 2.49 bits per heavy atom. The van der Waals surface area contributed by atoms with Crippen molar-refractivity contribution in [1.29, 1.82) is 5.26 Å². The standard InChI is InChI=1S/C33H25F3N4O3/c34-18-33(10-11-33)19-40-29-14-23(32(41)42)8-9-28(29)38-30(40)15-21-6-7-22(13-26(21)36)27-2-1-3-31(39-27)43-17-24-5-4-20(16-37)12-25(24)35/h1-9,12-14H,10-11,15,17-19H2,(H,41,42). The second-order valence-electron chi connectivity index (χ2n) is 10.8. The van der Waals surface area contributed by atoms with Crippen LogP contribution in [-0.2, 0) is 19.6 Å². The number of imidazole rings is 1.